The summed E-state index contributed by atoms with van der Waals surface area (Å²) in [5, 5.41) is 4.08. The van der Waals surface area contributed by atoms with Crippen molar-refractivity contribution in [2.24, 2.45) is 0 Å². The Morgan fingerprint density at radius 1 is 1.14 bits per heavy atom. The predicted molar refractivity (Wildman–Crippen MR) is 91.2 cm³/mol. The Labute approximate surface area is 135 Å². The quantitative estimate of drug-likeness (QED) is 0.943. The summed E-state index contributed by atoms with van der Waals surface area (Å²) in [4.78, 5) is 13.3. The van der Waals surface area contributed by atoms with Gasteiger partial charge in [0.05, 0.1) is 0 Å². The summed E-state index contributed by atoms with van der Waals surface area (Å²) in [6, 6.07) is 7.81. The summed E-state index contributed by atoms with van der Waals surface area (Å²) in [6.07, 6.45) is 1.61. The van der Waals surface area contributed by atoms with E-state index in [-0.39, 0.29) is 0 Å². The second-order valence-corrected chi connectivity index (χ2v) is 6.00. The molecular weight excluding hydrogens is 298 g/mol. The Bertz CT molecular complexity index is 653. The van der Waals surface area contributed by atoms with Crippen molar-refractivity contribution in [2.45, 2.75) is 6.92 Å². The monoisotopic (exact) mass is 317 g/mol. The topological polar surface area (TPSA) is 44.3 Å². The van der Waals surface area contributed by atoms with Gasteiger partial charge in [-0.25, -0.2) is 9.97 Å². The number of anilines is 3. The molecule has 0 radical (unpaired) electrons. The molecule has 1 aromatic carbocycles. The zero-order chi connectivity index (χ0) is 15.5. The van der Waals surface area contributed by atoms with E-state index in [1.807, 2.05) is 31.2 Å². The maximum Gasteiger partial charge on any atom is 0.135 e. The molecule has 5 nitrogen and oxygen atoms in total. The summed E-state index contributed by atoms with van der Waals surface area (Å²) >= 11 is 6.16. The minimum absolute atomic E-state index is 0.748. The van der Waals surface area contributed by atoms with Crippen molar-refractivity contribution in [3.63, 3.8) is 0 Å². The van der Waals surface area contributed by atoms with Crippen LogP contribution in [0.5, 0.6) is 0 Å². The number of hydrogen-bond acceptors (Lipinski definition) is 5. The smallest absolute Gasteiger partial charge is 0.135 e. The Morgan fingerprint density at radius 3 is 2.68 bits per heavy atom. The van der Waals surface area contributed by atoms with E-state index in [0.29, 0.717) is 0 Å². The van der Waals surface area contributed by atoms with Crippen molar-refractivity contribution in [3.8, 4) is 0 Å². The maximum atomic E-state index is 6.16. The predicted octanol–water partition coefficient (Wildman–Crippen LogP) is 2.93. The zero-order valence-corrected chi connectivity index (χ0v) is 13.6. The number of nitrogens with zero attached hydrogens (tertiary/aromatic N) is 4. The number of rotatable bonds is 3. The summed E-state index contributed by atoms with van der Waals surface area (Å²) in [5.74, 6) is 1.75. The van der Waals surface area contributed by atoms with Gasteiger partial charge < -0.3 is 15.1 Å². The van der Waals surface area contributed by atoms with Crippen LogP contribution in [0.2, 0.25) is 5.02 Å². The van der Waals surface area contributed by atoms with Gasteiger partial charge in [-0.05, 0) is 31.7 Å². The first kappa shape index (κ1) is 15.1. The third kappa shape index (κ3) is 3.31. The van der Waals surface area contributed by atoms with Crippen LogP contribution in [0, 0.1) is 6.92 Å². The summed E-state index contributed by atoms with van der Waals surface area (Å²) < 4.78 is 0. The number of hydrogen-bond donors (Lipinski definition) is 1. The number of benzene rings is 1. The first-order chi connectivity index (χ1) is 10.6. The van der Waals surface area contributed by atoms with Gasteiger partial charge in [0.1, 0.15) is 18.0 Å². The lowest BCUT2D eigenvalue weighted by Gasteiger charge is -2.33. The Morgan fingerprint density at radius 2 is 1.91 bits per heavy atom. The molecule has 116 valence electrons. The van der Waals surface area contributed by atoms with Crippen LogP contribution in [0.25, 0.3) is 0 Å². The molecule has 22 heavy (non-hydrogen) atoms. The van der Waals surface area contributed by atoms with E-state index >= 15 is 0 Å². The molecule has 3 rings (SSSR count). The minimum atomic E-state index is 0.748. The molecule has 0 unspecified atom stereocenters. The second kappa shape index (κ2) is 6.50. The largest absolute Gasteiger partial charge is 0.354 e. The highest BCUT2D eigenvalue weighted by Crippen LogP contribution is 2.26. The molecule has 1 aliphatic rings. The normalized spacial score (nSPS) is 15.9. The summed E-state index contributed by atoms with van der Waals surface area (Å²) in [6.45, 7) is 6.08. The van der Waals surface area contributed by atoms with Crippen molar-refractivity contribution in [1.29, 1.82) is 0 Å². The molecule has 1 saturated heterocycles. The first-order valence-electron chi connectivity index (χ1n) is 7.41. The van der Waals surface area contributed by atoms with Gasteiger partial charge in [0.2, 0.25) is 0 Å². The van der Waals surface area contributed by atoms with Crippen LogP contribution in [0.4, 0.5) is 17.3 Å². The van der Waals surface area contributed by atoms with E-state index in [1.165, 1.54) is 0 Å². The highest BCUT2D eigenvalue weighted by Gasteiger charge is 2.15. The second-order valence-electron chi connectivity index (χ2n) is 5.59. The van der Waals surface area contributed by atoms with Gasteiger partial charge in [-0.3, -0.25) is 0 Å². The Hall–Kier alpha value is -1.85. The molecule has 0 spiro atoms. The van der Waals surface area contributed by atoms with Crippen LogP contribution in [0.15, 0.2) is 30.6 Å². The van der Waals surface area contributed by atoms with E-state index in [9.17, 15) is 0 Å². The Balaban J connectivity index is 1.78. The molecule has 1 aliphatic heterocycles. The molecule has 2 aromatic rings. The van der Waals surface area contributed by atoms with Crippen molar-refractivity contribution >= 4 is 28.9 Å². The first-order valence-corrected chi connectivity index (χ1v) is 7.79. The number of piperazine rings is 1. The highest BCUT2D eigenvalue weighted by molar-refractivity contribution is 6.31. The van der Waals surface area contributed by atoms with E-state index < -0.39 is 0 Å². The van der Waals surface area contributed by atoms with E-state index in [2.05, 4.69) is 32.1 Å². The van der Waals surface area contributed by atoms with Gasteiger partial charge in [-0.2, -0.15) is 0 Å². The standard InChI is InChI=1S/C16H20ClN5/c1-12-13(17)4-3-5-14(12)20-15-10-16(19-11-18-15)22-8-6-21(2)7-9-22/h3-5,10-11H,6-9H2,1-2H3,(H,18,19,20). The van der Waals surface area contributed by atoms with Crippen LogP contribution in [0.3, 0.4) is 0 Å². The van der Waals surface area contributed by atoms with Crippen molar-refractivity contribution in [1.82, 2.24) is 14.9 Å². The van der Waals surface area contributed by atoms with Gasteiger partial charge >= 0.3 is 0 Å². The van der Waals surface area contributed by atoms with Crippen LogP contribution in [-0.4, -0.2) is 48.1 Å². The van der Waals surface area contributed by atoms with Crippen LogP contribution in [-0.2, 0) is 0 Å². The molecule has 0 aliphatic carbocycles. The fourth-order valence-electron chi connectivity index (χ4n) is 2.50. The molecule has 1 N–H and O–H groups in total. The lowest BCUT2D eigenvalue weighted by atomic mass is 10.2. The van der Waals surface area contributed by atoms with Crippen molar-refractivity contribution in [2.75, 3.05) is 43.4 Å². The van der Waals surface area contributed by atoms with E-state index in [0.717, 1.165) is 54.1 Å². The molecule has 0 saturated carbocycles. The lowest BCUT2D eigenvalue weighted by Crippen LogP contribution is -2.44. The van der Waals surface area contributed by atoms with Gasteiger partial charge in [0.25, 0.3) is 0 Å². The van der Waals surface area contributed by atoms with Gasteiger partial charge in [-0.15, -0.1) is 0 Å². The average Bonchev–Trinajstić information content (AvgIpc) is 2.53. The van der Waals surface area contributed by atoms with Crippen LogP contribution >= 0.6 is 11.6 Å². The maximum absolute atomic E-state index is 6.16. The number of aromatic nitrogens is 2. The Kier molecular flexibility index (Phi) is 4.45. The number of nitrogens with one attached hydrogen (secondary N) is 1. The summed E-state index contributed by atoms with van der Waals surface area (Å²) in [7, 11) is 2.15. The highest BCUT2D eigenvalue weighted by atomic mass is 35.5. The minimum Gasteiger partial charge on any atom is -0.354 e. The molecule has 0 bridgehead atoms. The third-order valence-corrected chi connectivity index (χ3v) is 4.42. The third-order valence-electron chi connectivity index (χ3n) is 4.01. The van der Waals surface area contributed by atoms with Crippen molar-refractivity contribution in [3.05, 3.63) is 41.2 Å². The zero-order valence-electron chi connectivity index (χ0n) is 12.9. The number of halogens is 1. The van der Waals surface area contributed by atoms with E-state index in [1.54, 1.807) is 6.33 Å². The molecule has 0 amide bonds. The van der Waals surface area contributed by atoms with Gasteiger partial charge in [-0.1, -0.05) is 17.7 Å². The number of likely N-dealkylation sites (N-methyl/N-ethyl adjacent to an activating group) is 1. The fourth-order valence-corrected chi connectivity index (χ4v) is 2.68. The molecule has 0 atom stereocenters. The molecule has 6 heteroatoms. The summed E-state index contributed by atoms with van der Waals surface area (Å²) in [5.41, 5.74) is 1.99. The average molecular weight is 318 g/mol. The molecule has 1 fully saturated rings. The van der Waals surface area contributed by atoms with E-state index in [4.69, 9.17) is 11.6 Å². The van der Waals surface area contributed by atoms with Gasteiger partial charge in [0, 0.05) is 43.0 Å². The van der Waals surface area contributed by atoms with Crippen molar-refractivity contribution < 1.29 is 0 Å². The van der Waals surface area contributed by atoms with Crippen LogP contribution < -0.4 is 10.2 Å². The van der Waals surface area contributed by atoms with Crippen LogP contribution in [0.1, 0.15) is 5.56 Å². The molecule has 1 aromatic heterocycles. The fraction of sp³-hybridized carbons (Fsp3) is 0.375. The molecule has 2 heterocycles. The SMILES string of the molecule is Cc1c(Cl)cccc1Nc1cc(N2CCN(C)CC2)ncn1. The molecular formula is C16H20ClN5. The van der Waals surface area contributed by atoms with Gasteiger partial charge in [0.15, 0.2) is 0 Å². The lowest BCUT2D eigenvalue weighted by molar-refractivity contribution is 0.312.